The van der Waals surface area contributed by atoms with E-state index in [0.29, 0.717) is 35.7 Å². The van der Waals surface area contributed by atoms with E-state index in [0.717, 1.165) is 43.1 Å². The van der Waals surface area contributed by atoms with Gasteiger partial charge in [-0.25, -0.2) is 23.7 Å². The molecule has 8 nitrogen and oxygen atoms in total. The van der Waals surface area contributed by atoms with Gasteiger partial charge in [0.05, 0.1) is 0 Å². The van der Waals surface area contributed by atoms with Crippen molar-refractivity contribution >= 4 is 28.4 Å². The maximum atomic E-state index is 14.5. The van der Waals surface area contributed by atoms with Gasteiger partial charge >= 0.3 is 0 Å². The molecule has 0 radical (unpaired) electrons. The zero-order valence-corrected chi connectivity index (χ0v) is 21.0. The van der Waals surface area contributed by atoms with E-state index in [9.17, 15) is 13.6 Å². The van der Waals surface area contributed by atoms with Crippen LogP contribution < -0.4 is 15.1 Å². The van der Waals surface area contributed by atoms with Crippen LogP contribution in [0.5, 0.6) is 0 Å². The predicted octanol–water partition coefficient (Wildman–Crippen LogP) is 4.55. The molecule has 0 bridgehead atoms. The Labute approximate surface area is 219 Å². The van der Waals surface area contributed by atoms with E-state index in [1.807, 2.05) is 6.07 Å². The number of nitrogens with zero attached hydrogens (tertiary/aromatic N) is 5. The van der Waals surface area contributed by atoms with Crippen molar-refractivity contribution in [3.05, 3.63) is 77.5 Å². The molecule has 38 heavy (non-hydrogen) atoms. The number of piperazine rings is 1. The third-order valence-electron chi connectivity index (χ3n) is 7.50. The fourth-order valence-electron chi connectivity index (χ4n) is 5.47. The minimum atomic E-state index is -0.363. The largest absolute Gasteiger partial charge is 0.368 e. The van der Waals surface area contributed by atoms with E-state index in [2.05, 4.69) is 35.1 Å². The summed E-state index contributed by atoms with van der Waals surface area (Å²) >= 11 is 0. The van der Waals surface area contributed by atoms with Crippen molar-refractivity contribution in [2.45, 2.75) is 38.1 Å². The van der Waals surface area contributed by atoms with Crippen LogP contribution >= 0.6 is 0 Å². The fourth-order valence-corrected chi connectivity index (χ4v) is 5.47. The Hall–Kier alpha value is -4.08. The summed E-state index contributed by atoms with van der Waals surface area (Å²) in [5.41, 5.74) is 3.66. The van der Waals surface area contributed by atoms with Gasteiger partial charge in [0, 0.05) is 50.0 Å². The highest BCUT2D eigenvalue weighted by Crippen LogP contribution is 2.33. The summed E-state index contributed by atoms with van der Waals surface area (Å²) in [6.07, 6.45) is 5.87. The van der Waals surface area contributed by atoms with Crippen LogP contribution in [0, 0.1) is 11.6 Å². The molecule has 2 aromatic heterocycles. The number of amides is 1. The van der Waals surface area contributed by atoms with Crippen LogP contribution in [-0.4, -0.2) is 52.0 Å². The lowest BCUT2D eigenvalue weighted by Crippen LogP contribution is -2.46. The minimum absolute atomic E-state index is 0.161. The molecule has 1 aliphatic heterocycles. The number of imidazole rings is 1. The number of nitrogens with one attached hydrogen (secondary N) is 2. The van der Waals surface area contributed by atoms with Crippen molar-refractivity contribution in [3.8, 4) is 0 Å². The average molecular weight is 518 g/mol. The predicted molar refractivity (Wildman–Crippen MR) is 141 cm³/mol. The van der Waals surface area contributed by atoms with Crippen molar-refractivity contribution in [2.24, 2.45) is 0 Å². The van der Waals surface area contributed by atoms with Crippen LogP contribution in [0.15, 0.2) is 48.8 Å². The zero-order chi connectivity index (χ0) is 26.1. The zero-order valence-electron chi connectivity index (χ0n) is 21.0. The Bertz CT molecular complexity index is 1440. The molecule has 3 heterocycles. The summed E-state index contributed by atoms with van der Waals surface area (Å²) in [6, 6.07) is 11.3. The van der Waals surface area contributed by atoms with Gasteiger partial charge < -0.3 is 20.1 Å². The number of hydrogen-bond donors (Lipinski definition) is 2. The van der Waals surface area contributed by atoms with Crippen molar-refractivity contribution in [1.82, 2.24) is 25.3 Å². The minimum Gasteiger partial charge on any atom is -0.368 e. The van der Waals surface area contributed by atoms with E-state index >= 15 is 0 Å². The van der Waals surface area contributed by atoms with Gasteiger partial charge in [0.15, 0.2) is 11.3 Å². The Kier molecular flexibility index (Phi) is 6.61. The van der Waals surface area contributed by atoms with Crippen LogP contribution in [0.25, 0.3) is 11.2 Å². The third-order valence-corrected chi connectivity index (χ3v) is 7.50. The van der Waals surface area contributed by atoms with Crippen LogP contribution in [0.4, 0.5) is 20.2 Å². The second kappa shape index (κ2) is 10.4. The van der Waals surface area contributed by atoms with E-state index in [1.54, 1.807) is 12.1 Å². The topological polar surface area (TPSA) is 90.0 Å². The monoisotopic (exact) mass is 517 g/mol. The molecule has 6 rings (SSSR count). The summed E-state index contributed by atoms with van der Waals surface area (Å²) in [6.45, 7) is 3.05. The highest BCUT2D eigenvalue weighted by Gasteiger charge is 2.23. The molecule has 2 aliphatic rings. The number of aromatic nitrogens is 4. The lowest BCUT2D eigenvalue weighted by atomic mass is 10.1. The third kappa shape index (κ3) is 5.03. The van der Waals surface area contributed by atoms with E-state index in [-0.39, 0.29) is 29.8 Å². The molecule has 0 spiro atoms. The average Bonchev–Trinajstić information content (AvgIpc) is 3.62. The highest BCUT2D eigenvalue weighted by atomic mass is 19.1. The van der Waals surface area contributed by atoms with Crippen LogP contribution in [-0.2, 0) is 6.54 Å². The van der Waals surface area contributed by atoms with E-state index in [4.69, 9.17) is 0 Å². The number of fused-ring (bicyclic) bond motifs is 1. The van der Waals surface area contributed by atoms with Gasteiger partial charge in [-0.1, -0.05) is 12.8 Å². The van der Waals surface area contributed by atoms with Crippen molar-refractivity contribution in [2.75, 3.05) is 36.0 Å². The lowest BCUT2D eigenvalue weighted by molar-refractivity contribution is 0.0947. The normalized spacial score (nSPS) is 16.4. The smallest absolute Gasteiger partial charge is 0.272 e. The molecule has 4 aromatic rings. The highest BCUT2D eigenvalue weighted by molar-refractivity contribution is 6.02. The molecular formula is C28H29F2N7O. The molecular weight excluding hydrogens is 488 g/mol. The number of halogens is 2. The molecule has 2 N–H and O–H groups in total. The van der Waals surface area contributed by atoms with Gasteiger partial charge in [0.1, 0.15) is 29.3 Å². The number of carbonyl (C=O) groups excluding carboxylic acids is 1. The Morgan fingerprint density at radius 2 is 1.63 bits per heavy atom. The molecule has 0 atom stereocenters. The number of anilines is 2. The summed E-state index contributed by atoms with van der Waals surface area (Å²) in [7, 11) is 0. The summed E-state index contributed by atoms with van der Waals surface area (Å²) in [5, 5.41) is 2.88. The molecule has 1 saturated heterocycles. The summed E-state index contributed by atoms with van der Waals surface area (Å²) in [4.78, 5) is 33.7. The van der Waals surface area contributed by atoms with Gasteiger partial charge in [-0.05, 0) is 60.9 Å². The van der Waals surface area contributed by atoms with Crippen LogP contribution in [0.1, 0.15) is 53.5 Å². The van der Waals surface area contributed by atoms with Gasteiger partial charge in [-0.15, -0.1) is 0 Å². The first-order chi connectivity index (χ1) is 18.5. The van der Waals surface area contributed by atoms with Gasteiger partial charge in [0.2, 0.25) is 0 Å². The van der Waals surface area contributed by atoms with Gasteiger partial charge in [-0.2, -0.15) is 0 Å². The Morgan fingerprint density at radius 1 is 0.921 bits per heavy atom. The first-order valence-corrected chi connectivity index (χ1v) is 13.1. The maximum absolute atomic E-state index is 14.5. The second-order valence-corrected chi connectivity index (χ2v) is 9.98. The Morgan fingerprint density at radius 3 is 2.37 bits per heavy atom. The van der Waals surface area contributed by atoms with Crippen molar-refractivity contribution in [3.63, 3.8) is 0 Å². The first kappa shape index (κ1) is 24.3. The van der Waals surface area contributed by atoms with E-state index < -0.39 is 0 Å². The molecule has 196 valence electrons. The summed E-state index contributed by atoms with van der Waals surface area (Å²) in [5.74, 6) is 0.253. The Balaban J connectivity index is 1.12. The molecule has 0 unspecified atom stereocenters. The number of carbonyl (C=O) groups is 1. The van der Waals surface area contributed by atoms with Crippen molar-refractivity contribution in [1.29, 1.82) is 0 Å². The fraction of sp³-hybridized carbons (Fsp3) is 0.357. The van der Waals surface area contributed by atoms with Crippen LogP contribution in [0.3, 0.4) is 0 Å². The molecule has 1 aliphatic carbocycles. The maximum Gasteiger partial charge on any atom is 0.272 e. The molecule has 1 saturated carbocycles. The van der Waals surface area contributed by atoms with Gasteiger partial charge in [-0.3, -0.25) is 4.79 Å². The SMILES string of the molecule is O=C(NCc1cc(F)cc(N2CCN(c3ccc(F)cc3)CC2)c1)c1ncnc2nc(C3CCCC3)[nH]c12. The molecule has 2 aromatic carbocycles. The van der Waals surface area contributed by atoms with Crippen LogP contribution in [0.2, 0.25) is 0 Å². The standard InChI is InChI=1S/C28H29F2N7O/c29-20-5-7-22(8-6-20)36-9-11-37(12-10-36)23-14-18(13-21(30)15-23)16-31-28(38)25-24-27(33-17-32-25)35-26(34-24)19-3-1-2-4-19/h5-8,13-15,17,19H,1-4,9-12,16H2,(H,31,38)(H,32,33,34,35). The molecule has 10 heteroatoms. The quantitative estimate of drug-likeness (QED) is 0.390. The number of rotatable bonds is 6. The first-order valence-electron chi connectivity index (χ1n) is 13.1. The molecule has 1 amide bonds. The number of hydrogen-bond acceptors (Lipinski definition) is 6. The number of benzene rings is 2. The lowest BCUT2D eigenvalue weighted by Gasteiger charge is -2.37. The van der Waals surface area contributed by atoms with Crippen molar-refractivity contribution < 1.29 is 13.6 Å². The molecule has 2 fully saturated rings. The number of aromatic amines is 1. The number of H-pyrrole nitrogens is 1. The second-order valence-electron chi connectivity index (χ2n) is 9.98. The van der Waals surface area contributed by atoms with E-state index in [1.165, 1.54) is 43.4 Å². The summed E-state index contributed by atoms with van der Waals surface area (Å²) < 4.78 is 27.8. The van der Waals surface area contributed by atoms with Gasteiger partial charge in [0.25, 0.3) is 5.91 Å².